The molecule has 5 nitrogen and oxygen atoms in total. The SMILES string of the molecule is COC(CN)CCN1CCC(N2CCOCC2)C1. The smallest absolute Gasteiger partial charge is 0.0705 e. The molecule has 2 heterocycles. The van der Waals surface area contributed by atoms with Crippen LogP contribution in [-0.2, 0) is 9.47 Å². The fourth-order valence-corrected chi connectivity index (χ4v) is 2.91. The maximum atomic E-state index is 5.65. The van der Waals surface area contributed by atoms with Gasteiger partial charge in [0.25, 0.3) is 0 Å². The monoisotopic (exact) mass is 257 g/mol. The quantitative estimate of drug-likeness (QED) is 0.711. The third kappa shape index (κ3) is 3.90. The van der Waals surface area contributed by atoms with Crippen molar-refractivity contribution in [1.82, 2.24) is 9.80 Å². The van der Waals surface area contributed by atoms with E-state index in [1.54, 1.807) is 7.11 Å². The Morgan fingerprint density at radius 2 is 2.11 bits per heavy atom. The molecule has 0 bridgehead atoms. The van der Waals surface area contributed by atoms with Crippen molar-refractivity contribution in [2.24, 2.45) is 5.73 Å². The predicted octanol–water partition coefficient (Wildman–Crippen LogP) is -0.243. The lowest BCUT2D eigenvalue weighted by Crippen LogP contribution is -2.44. The number of morpholine rings is 1. The average molecular weight is 257 g/mol. The van der Waals surface area contributed by atoms with Crippen molar-refractivity contribution in [3.63, 3.8) is 0 Å². The lowest BCUT2D eigenvalue weighted by Gasteiger charge is -2.32. The fraction of sp³-hybridized carbons (Fsp3) is 1.00. The molecule has 0 amide bonds. The van der Waals surface area contributed by atoms with Gasteiger partial charge in [0.1, 0.15) is 0 Å². The number of rotatable bonds is 6. The molecule has 2 aliphatic rings. The van der Waals surface area contributed by atoms with E-state index in [2.05, 4.69) is 9.80 Å². The van der Waals surface area contributed by atoms with Crippen LogP contribution in [0.4, 0.5) is 0 Å². The van der Waals surface area contributed by atoms with Gasteiger partial charge in [-0.15, -0.1) is 0 Å². The zero-order valence-electron chi connectivity index (χ0n) is 11.5. The summed E-state index contributed by atoms with van der Waals surface area (Å²) in [6.07, 6.45) is 2.55. The molecule has 2 N–H and O–H groups in total. The minimum Gasteiger partial charge on any atom is -0.380 e. The highest BCUT2D eigenvalue weighted by molar-refractivity contribution is 4.84. The molecule has 2 rings (SSSR count). The van der Waals surface area contributed by atoms with Gasteiger partial charge in [0, 0.05) is 45.9 Å². The minimum absolute atomic E-state index is 0.215. The minimum atomic E-state index is 0.215. The number of hydrogen-bond acceptors (Lipinski definition) is 5. The van der Waals surface area contributed by atoms with Crippen LogP contribution in [0.3, 0.4) is 0 Å². The molecule has 0 aromatic heterocycles. The van der Waals surface area contributed by atoms with Crippen molar-refractivity contribution in [3.8, 4) is 0 Å². The molecule has 0 saturated carbocycles. The van der Waals surface area contributed by atoms with Crippen LogP contribution in [0.25, 0.3) is 0 Å². The Hall–Kier alpha value is -0.200. The van der Waals surface area contributed by atoms with Gasteiger partial charge in [0.05, 0.1) is 19.3 Å². The van der Waals surface area contributed by atoms with Crippen LogP contribution in [0.15, 0.2) is 0 Å². The van der Waals surface area contributed by atoms with Crippen molar-refractivity contribution in [3.05, 3.63) is 0 Å². The van der Waals surface area contributed by atoms with E-state index in [4.69, 9.17) is 15.2 Å². The van der Waals surface area contributed by atoms with Crippen molar-refractivity contribution in [2.75, 3.05) is 59.6 Å². The molecule has 2 fully saturated rings. The van der Waals surface area contributed by atoms with Crippen molar-refractivity contribution < 1.29 is 9.47 Å². The number of likely N-dealkylation sites (tertiary alicyclic amines) is 1. The number of methoxy groups -OCH3 is 1. The first-order chi connectivity index (χ1) is 8.83. The van der Waals surface area contributed by atoms with Gasteiger partial charge in [-0.2, -0.15) is 0 Å². The first-order valence-corrected chi connectivity index (χ1v) is 7.10. The first kappa shape index (κ1) is 14.2. The van der Waals surface area contributed by atoms with Gasteiger partial charge >= 0.3 is 0 Å². The van der Waals surface area contributed by atoms with Crippen LogP contribution in [-0.4, -0.2) is 81.5 Å². The van der Waals surface area contributed by atoms with Gasteiger partial charge < -0.3 is 20.1 Å². The second-order valence-corrected chi connectivity index (χ2v) is 5.27. The van der Waals surface area contributed by atoms with Gasteiger partial charge in [0.2, 0.25) is 0 Å². The van der Waals surface area contributed by atoms with Crippen LogP contribution in [0.2, 0.25) is 0 Å². The zero-order chi connectivity index (χ0) is 12.8. The van der Waals surface area contributed by atoms with E-state index in [1.165, 1.54) is 19.5 Å². The summed E-state index contributed by atoms with van der Waals surface area (Å²) in [6, 6.07) is 0.729. The summed E-state index contributed by atoms with van der Waals surface area (Å²) >= 11 is 0. The summed E-state index contributed by atoms with van der Waals surface area (Å²) in [6.45, 7) is 8.13. The molecule has 0 aliphatic carbocycles. The van der Waals surface area contributed by atoms with E-state index >= 15 is 0 Å². The largest absolute Gasteiger partial charge is 0.380 e. The predicted molar refractivity (Wildman–Crippen MR) is 71.7 cm³/mol. The molecular formula is C13H27N3O2. The average Bonchev–Trinajstić information content (AvgIpc) is 2.90. The Bertz CT molecular complexity index is 230. The Labute approximate surface area is 110 Å². The zero-order valence-corrected chi connectivity index (χ0v) is 11.5. The van der Waals surface area contributed by atoms with Crippen molar-refractivity contribution in [2.45, 2.75) is 25.0 Å². The van der Waals surface area contributed by atoms with E-state index in [0.29, 0.717) is 6.54 Å². The number of ether oxygens (including phenoxy) is 2. The fourth-order valence-electron chi connectivity index (χ4n) is 2.91. The maximum Gasteiger partial charge on any atom is 0.0705 e. The normalized spacial score (nSPS) is 28.7. The van der Waals surface area contributed by atoms with Gasteiger partial charge in [0.15, 0.2) is 0 Å². The molecule has 5 heteroatoms. The molecule has 18 heavy (non-hydrogen) atoms. The summed E-state index contributed by atoms with van der Waals surface area (Å²) in [7, 11) is 1.75. The van der Waals surface area contributed by atoms with Crippen LogP contribution in [0.1, 0.15) is 12.8 Å². The summed E-state index contributed by atoms with van der Waals surface area (Å²) < 4.78 is 10.7. The number of nitrogens with two attached hydrogens (primary N) is 1. The van der Waals surface area contributed by atoms with E-state index < -0.39 is 0 Å². The molecular weight excluding hydrogens is 230 g/mol. The Kier molecular flexibility index (Phi) is 5.85. The van der Waals surface area contributed by atoms with Gasteiger partial charge in [-0.05, 0) is 19.4 Å². The van der Waals surface area contributed by atoms with Crippen molar-refractivity contribution >= 4 is 0 Å². The Balaban J connectivity index is 1.67. The molecule has 0 radical (unpaired) electrons. The molecule has 2 unspecified atom stereocenters. The lowest BCUT2D eigenvalue weighted by molar-refractivity contribution is 0.0181. The number of hydrogen-bond donors (Lipinski definition) is 1. The van der Waals surface area contributed by atoms with Gasteiger partial charge in [-0.3, -0.25) is 4.90 Å². The summed E-state index contributed by atoms with van der Waals surface area (Å²) in [5.74, 6) is 0. The Morgan fingerprint density at radius 1 is 1.33 bits per heavy atom. The molecule has 106 valence electrons. The highest BCUT2D eigenvalue weighted by atomic mass is 16.5. The van der Waals surface area contributed by atoms with Crippen LogP contribution < -0.4 is 5.73 Å². The molecule has 2 aliphatic heterocycles. The molecule has 0 spiro atoms. The highest BCUT2D eigenvalue weighted by Crippen LogP contribution is 2.17. The van der Waals surface area contributed by atoms with Crippen LogP contribution >= 0.6 is 0 Å². The van der Waals surface area contributed by atoms with Gasteiger partial charge in [-0.25, -0.2) is 0 Å². The summed E-state index contributed by atoms with van der Waals surface area (Å²) in [4.78, 5) is 5.13. The third-order valence-corrected chi connectivity index (χ3v) is 4.17. The number of nitrogens with zero attached hydrogens (tertiary/aromatic N) is 2. The van der Waals surface area contributed by atoms with Gasteiger partial charge in [-0.1, -0.05) is 0 Å². The van der Waals surface area contributed by atoms with E-state index in [0.717, 1.165) is 45.3 Å². The van der Waals surface area contributed by atoms with E-state index in [9.17, 15) is 0 Å². The highest BCUT2D eigenvalue weighted by Gasteiger charge is 2.28. The maximum absolute atomic E-state index is 5.65. The molecule has 2 saturated heterocycles. The van der Waals surface area contributed by atoms with E-state index in [-0.39, 0.29) is 6.10 Å². The van der Waals surface area contributed by atoms with E-state index in [1.807, 2.05) is 0 Å². The lowest BCUT2D eigenvalue weighted by atomic mass is 10.2. The Morgan fingerprint density at radius 3 is 2.78 bits per heavy atom. The first-order valence-electron chi connectivity index (χ1n) is 7.10. The summed E-state index contributed by atoms with van der Waals surface area (Å²) in [5, 5.41) is 0. The van der Waals surface area contributed by atoms with Crippen molar-refractivity contribution in [1.29, 1.82) is 0 Å². The summed E-state index contributed by atoms with van der Waals surface area (Å²) in [5.41, 5.74) is 5.65. The molecule has 0 aromatic carbocycles. The topological polar surface area (TPSA) is 51.0 Å². The van der Waals surface area contributed by atoms with Crippen LogP contribution in [0, 0.1) is 0 Å². The molecule has 0 aromatic rings. The standard InChI is InChI=1S/C13H27N3O2/c1-17-13(10-14)3-5-15-4-2-12(11-15)16-6-8-18-9-7-16/h12-13H,2-11,14H2,1H3. The second kappa shape index (κ2) is 7.40. The second-order valence-electron chi connectivity index (χ2n) is 5.27. The third-order valence-electron chi connectivity index (χ3n) is 4.17. The molecule has 2 atom stereocenters. The van der Waals surface area contributed by atoms with Crippen LogP contribution in [0.5, 0.6) is 0 Å².